The lowest BCUT2D eigenvalue weighted by Gasteiger charge is -2.07. The zero-order valence-corrected chi connectivity index (χ0v) is 12.1. The van der Waals surface area contributed by atoms with Gasteiger partial charge in [-0.3, -0.25) is 0 Å². The van der Waals surface area contributed by atoms with Gasteiger partial charge in [-0.25, -0.2) is 9.97 Å². The Morgan fingerprint density at radius 2 is 1.91 bits per heavy atom. The Kier molecular flexibility index (Phi) is 3.80. The molecule has 4 N–H and O–H groups in total. The van der Waals surface area contributed by atoms with Gasteiger partial charge in [0.05, 0.1) is 18.5 Å². The Morgan fingerprint density at radius 3 is 2.64 bits per heavy atom. The van der Waals surface area contributed by atoms with Gasteiger partial charge in [0.25, 0.3) is 0 Å². The van der Waals surface area contributed by atoms with E-state index in [-0.39, 0.29) is 12.4 Å². The summed E-state index contributed by atoms with van der Waals surface area (Å²) in [5.74, 6) is 0.586. The van der Waals surface area contributed by atoms with Crippen LogP contribution in [0.4, 0.5) is 11.8 Å². The molecule has 0 saturated heterocycles. The van der Waals surface area contributed by atoms with E-state index in [9.17, 15) is 0 Å². The predicted octanol–water partition coefficient (Wildman–Crippen LogP) is 1.38. The van der Waals surface area contributed by atoms with Crippen molar-refractivity contribution in [3.05, 3.63) is 36.0 Å². The van der Waals surface area contributed by atoms with Crippen LogP contribution in [0.5, 0.6) is 0 Å². The number of nitrogen functional groups attached to an aromatic ring is 1. The van der Waals surface area contributed by atoms with Crippen molar-refractivity contribution in [3.8, 4) is 11.3 Å². The number of anilines is 2. The number of nitrogens with two attached hydrogens (primary N) is 1. The lowest BCUT2D eigenvalue weighted by molar-refractivity contribution is 0.311. The molecule has 0 unspecified atom stereocenters. The third-order valence-electron chi connectivity index (χ3n) is 3.18. The van der Waals surface area contributed by atoms with Crippen molar-refractivity contribution in [1.29, 1.82) is 0 Å². The number of rotatable bonds is 4. The van der Waals surface area contributed by atoms with Gasteiger partial charge in [-0.05, 0) is 6.92 Å². The number of fused-ring (bicyclic) bond motifs is 1. The lowest BCUT2D eigenvalue weighted by Crippen LogP contribution is -2.10. The Labute approximate surface area is 127 Å². The summed E-state index contributed by atoms with van der Waals surface area (Å²) in [4.78, 5) is 17.2. The maximum atomic E-state index is 8.81. The van der Waals surface area contributed by atoms with Crippen molar-refractivity contribution in [2.24, 2.45) is 0 Å². The van der Waals surface area contributed by atoms with Crippen LogP contribution in [-0.4, -0.2) is 38.2 Å². The maximum Gasteiger partial charge on any atom is 0.226 e. The van der Waals surface area contributed by atoms with Crippen LogP contribution in [0.25, 0.3) is 22.4 Å². The van der Waals surface area contributed by atoms with Crippen LogP contribution in [0.1, 0.15) is 5.56 Å². The zero-order valence-electron chi connectivity index (χ0n) is 12.1. The van der Waals surface area contributed by atoms with Crippen LogP contribution in [-0.2, 0) is 0 Å². The monoisotopic (exact) mass is 296 g/mol. The maximum absolute atomic E-state index is 8.81. The Hall–Kier alpha value is -2.80. The van der Waals surface area contributed by atoms with Gasteiger partial charge in [-0.15, -0.1) is 0 Å². The molecule has 3 rings (SSSR count). The van der Waals surface area contributed by atoms with Crippen molar-refractivity contribution >= 4 is 22.9 Å². The molecule has 0 bridgehead atoms. The summed E-state index contributed by atoms with van der Waals surface area (Å²) in [6.45, 7) is 2.36. The second kappa shape index (κ2) is 5.90. The summed E-state index contributed by atoms with van der Waals surface area (Å²) < 4.78 is 0. The lowest BCUT2D eigenvalue weighted by atomic mass is 10.1. The molecular weight excluding hydrogens is 280 g/mol. The molecule has 7 nitrogen and oxygen atoms in total. The molecular formula is C15H16N6O. The van der Waals surface area contributed by atoms with E-state index in [1.54, 1.807) is 6.20 Å². The third-order valence-corrected chi connectivity index (χ3v) is 3.18. The first-order valence-electron chi connectivity index (χ1n) is 6.89. The smallest absolute Gasteiger partial charge is 0.226 e. The molecule has 2 aromatic heterocycles. The Balaban J connectivity index is 2.02. The molecule has 1 aromatic carbocycles. The molecule has 0 atom stereocenters. The van der Waals surface area contributed by atoms with E-state index < -0.39 is 0 Å². The van der Waals surface area contributed by atoms with Crippen LogP contribution >= 0.6 is 0 Å². The predicted molar refractivity (Wildman–Crippen MR) is 85.3 cm³/mol. The van der Waals surface area contributed by atoms with Crippen molar-refractivity contribution in [3.63, 3.8) is 0 Å². The van der Waals surface area contributed by atoms with Crippen LogP contribution < -0.4 is 11.1 Å². The minimum Gasteiger partial charge on any atom is -0.395 e. The van der Waals surface area contributed by atoms with Crippen molar-refractivity contribution in [2.75, 3.05) is 24.2 Å². The van der Waals surface area contributed by atoms with Gasteiger partial charge in [-0.1, -0.05) is 29.8 Å². The zero-order chi connectivity index (χ0) is 15.5. The summed E-state index contributed by atoms with van der Waals surface area (Å²) in [6, 6.07) is 8.00. The van der Waals surface area contributed by atoms with Crippen LogP contribution in [0.15, 0.2) is 30.5 Å². The molecule has 0 radical (unpaired) electrons. The van der Waals surface area contributed by atoms with Gasteiger partial charge in [0.2, 0.25) is 5.95 Å². The van der Waals surface area contributed by atoms with Crippen LogP contribution in [0.3, 0.4) is 0 Å². The summed E-state index contributed by atoms with van der Waals surface area (Å²) in [6.07, 6.45) is 1.66. The minimum atomic E-state index is -0.0145. The average Bonchev–Trinajstić information content (AvgIpc) is 2.53. The van der Waals surface area contributed by atoms with Crippen LogP contribution in [0, 0.1) is 6.92 Å². The van der Waals surface area contributed by atoms with Crippen molar-refractivity contribution < 1.29 is 5.11 Å². The fraction of sp³-hybridized carbons (Fsp3) is 0.200. The SMILES string of the molecule is Cc1ccc(-c2cnc3nc(NCCO)nc(N)c3n2)cc1. The van der Waals surface area contributed by atoms with Gasteiger partial charge in [0.1, 0.15) is 0 Å². The first kappa shape index (κ1) is 14.2. The number of aromatic nitrogens is 4. The largest absolute Gasteiger partial charge is 0.395 e. The van der Waals surface area contributed by atoms with E-state index in [0.29, 0.717) is 23.7 Å². The van der Waals surface area contributed by atoms with E-state index in [1.165, 1.54) is 5.56 Å². The average molecular weight is 296 g/mol. The molecule has 22 heavy (non-hydrogen) atoms. The van der Waals surface area contributed by atoms with E-state index in [2.05, 4.69) is 25.3 Å². The number of nitrogens with zero attached hydrogens (tertiary/aromatic N) is 4. The molecule has 3 aromatic rings. The minimum absolute atomic E-state index is 0.0145. The van der Waals surface area contributed by atoms with E-state index >= 15 is 0 Å². The summed E-state index contributed by atoms with van der Waals surface area (Å²) >= 11 is 0. The second-order valence-corrected chi connectivity index (χ2v) is 4.88. The Morgan fingerprint density at radius 1 is 1.14 bits per heavy atom. The molecule has 0 aliphatic carbocycles. The molecule has 2 heterocycles. The summed E-state index contributed by atoms with van der Waals surface area (Å²) in [5, 5.41) is 11.7. The third kappa shape index (κ3) is 2.79. The van der Waals surface area contributed by atoms with Gasteiger partial charge in [-0.2, -0.15) is 9.97 Å². The molecule has 7 heteroatoms. The topological polar surface area (TPSA) is 110 Å². The highest BCUT2D eigenvalue weighted by molar-refractivity contribution is 5.83. The number of aryl methyl sites for hydroxylation is 1. The standard InChI is InChI=1S/C15H16N6O/c1-9-2-4-10(5-3-9)11-8-18-14-12(19-11)13(16)20-15(21-14)17-6-7-22/h2-5,8,22H,6-7H2,1H3,(H3,16,17,18,20,21). The van der Waals surface area contributed by atoms with E-state index in [0.717, 1.165) is 11.3 Å². The number of nitrogens with one attached hydrogen (secondary N) is 1. The number of hydrogen-bond donors (Lipinski definition) is 3. The molecule has 0 aliphatic rings. The first-order valence-corrected chi connectivity index (χ1v) is 6.89. The molecule has 0 amide bonds. The van der Waals surface area contributed by atoms with Crippen LogP contribution in [0.2, 0.25) is 0 Å². The molecule has 0 saturated carbocycles. The quantitative estimate of drug-likeness (QED) is 0.667. The van der Waals surface area contributed by atoms with Crippen molar-refractivity contribution in [1.82, 2.24) is 19.9 Å². The normalized spacial score (nSPS) is 10.8. The molecule has 0 spiro atoms. The summed E-state index contributed by atoms with van der Waals surface area (Å²) in [7, 11) is 0. The first-order chi connectivity index (χ1) is 10.7. The molecule has 112 valence electrons. The number of aliphatic hydroxyl groups excluding tert-OH is 1. The number of benzene rings is 1. The van der Waals surface area contributed by atoms with Gasteiger partial charge in [0, 0.05) is 12.1 Å². The number of hydrogen-bond acceptors (Lipinski definition) is 7. The molecule has 0 fully saturated rings. The fourth-order valence-electron chi connectivity index (χ4n) is 2.04. The van der Waals surface area contributed by atoms with E-state index in [4.69, 9.17) is 10.8 Å². The highest BCUT2D eigenvalue weighted by atomic mass is 16.3. The van der Waals surface area contributed by atoms with Gasteiger partial charge < -0.3 is 16.2 Å². The van der Waals surface area contributed by atoms with E-state index in [1.807, 2.05) is 31.2 Å². The molecule has 0 aliphatic heterocycles. The summed E-state index contributed by atoms with van der Waals surface area (Å²) in [5.41, 5.74) is 9.69. The number of aliphatic hydroxyl groups is 1. The second-order valence-electron chi connectivity index (χ2n) is 4.88. The van der Waals surface area contributed by atoms with Gasteiger partial charge >= 0.3 is 0 Å². The highest BCUT2D eigenvalue weighted by Gasteiger charge is 2.09. The highest BCUT2D eigenvalue weighted by Crippen LogP contribution is 2.22. The van der Waals surface area contributed by atoms with Gasteiger partial charge in [0.15, 0.2) is 17.0 Å². The van der Waals surface area contributed by atoms with Crippen molar-refractivity contribution in [2.45, 2.75) is 6.92 Å². The Bertz CT molecular complexity index is 803. The fourth-order valence-corrected chi connectivity index (χ4v) is 2.04.